The zero-order valence-electron chi connectivity index (χ0n) is 51.2. The SMILES string of the molecule is CC/C=C\C/C=C\C/C=C\C/C=C\C/C=C\C/C=C\C/C=C\C/C=C\C/C=C\C/C=C\C/C=C\CCCCCCCCCC(=O)NC(COC1OC(CO)C(O)C(O)C1O)C(O)/C=C/CCCCCCCCCCCCCCCCC. The first-order chi connectivity index (χ1) is 39.8. The Balaban J connectivity index is 2.17. The van der Waals surface area contributed by atoms with Gasteiger partial charge in [-0.15, -0.1) is 0 Å². The normalized spacial score (nSPS) is 19.4. The Morgan fingerprint density at radius 1 is 0.432 bits per heavy atom. The lowest BCUT2D eigenvalue weighted by atomic mass is 9.99. The summed E-state index contributed by atoms with van der Waals surface area (Å²) in [5.74, 6) is -0.193. The van der Waals surface area contributed by atoms with Gasteiger partial charge in [-0.05, 0) is 103 Å². The van der Waals surface area contributed by atoms with Crippen LogP contribution in [0.25, 0.3) is 0 Å². The minimum atomic E-state index is -1.58. The summed E-state index contributed by atoms with van der Waals surface area (Å²) >= 11 is 0. The second-order valence-corrected chi connectivity index (χ2v) is 21.8. The van der Waals surface area contributed by atoms with Gasteiger partial charge in [-0.25, -0.2) is 0 Å². The number of unbranched alkanes of at least 4 members (excludes halogenated alkanes) is 22. The molecule has 0 aromatic heterocycles. The van der Waals surface area contributed by atoms with Gasteiger partial charge < -0.3 is 40.3 Å². The fraction of sp³-hybridized carbons (Fsp3) is 0.653. The minimum Gasteiger partial charge on any atom is -0.394 e. The van der Waals surface area contributed by atoms with E-state index in [1.165, 1.54) is 103 Å². The largest absolute Gasteiger partial charge is 0.394 e. The Morgan fingerprint density at radius 2 is 0.765 bits per heavy atom. The van der Waals surface area contributed by atoms with Crippen LogP contribution in [-0.2, 0) is 14.3 Å². The number of aliphatic hydroxyl groups is 5. The number of amides is 1. The van der Waals surface area contributed by atoms with Crippen molar-refractivity contribution >= 4 is 5.91 Å². The summed E-state index contributed by atoms with van der Waals surface area (Å²) in [7, 11) is 0. The number of allylic oxidation sites excluding steroid dienone is 23. The maximum Gasteiger partial charge on any atom is 0.220 e. The van der Waals surface area contributed by atoms with Gasteiger partial charge in [0.1, 0.15) is 24.4 Å². The number of hydrogen-bond acceptors (Lipinski definition) is 8. The van der Waals surface area contributed by atoms with Crippen molar-refractivity contribution in [2.45, 2.75) is 288 Å². The van der Waals surface area contributed by atoms with Crippen LogP contribution in [0.5, 0.6) is 0 Å². The van der Waals surface area contributed by atoms with Gasteiger partial charge in [-0.3, -0.25) is 4.79 Å². The fourth-order valence-electron chi connectivity index (χ4n) is 9.34. The van der Waals surface area contributed by atoms with E-state index >= 15 is 0 Å². The standard InChI is InChI=1S/C72H119NO8/c1-3-5-7-9-11-13-15-17-19-21-22-23-24-25-26-27-28-29-30-31-32-33-34-35-36-37-38-39-40-41-42-43-44-46-48-50-52-54-56-58-60-62-68(76)73-65(64-80-72-71(79)70(78)69(77)67(63-74)81-72)66(75)61-59-57-55-53-51-49-47-45-20-18-16-14-12-10-8-6-4-2/h5,7,11,13,17,19,22-23,25-26,28-29,31-32,34-35,37-38,40-41,43-44,59,61,65-67,69-72,74-75,77-79H,3-4,6,8-10,12,14-16,18,20-21,24,27,30,33,36,39,42,45-58,60,62-64H2,1-2H3,(H,73,76)/b7-5-,13-11-,19-17-,23-22-,26-25-,29-28-,32-31-,35-34-,38-37-,41-40-,44-43-,61-59+. The first-order valence-corrected chi connectivity index (χ1v) is 32.6. The van der Waals surface area contributed by atoms with Crippen LogP contribution in [0, 0.1) is 0 Å². The molecule has 1 heterocycles. The molecule has 6 N–H and O–H groups in total. The summed E-state index contributed by atoms with van der Waals surface area (Å²) in [5, 5.41) is 54.6. The highest BCUT2D eigenvalue weighted by atomic mass is 16.7. The molecule has 0 saturated carbocycles. The van der Waals surface area contributed by atoms with Crippen LogP contribution in [0.4, 0.5) is 0 Å². The first-order valence-electron chi connectivity index (χ1n) is 32.6. The van der Waals surface area contributed by atoms with Crippen LogP contribution in [-0.4, -0.2) is 87.5 Å². The second-order valence-electron chi connectivity index (χ2n) is 21.8. The van der Waals surface area contributed by atoms with Crippen molar-refractivity contribution in [2.75, 3.05) is 13.2 Å². The second kappa shape index (κ2) is 59.2. The van der Waals surface area contributed by atoms with Crippen LogP contribution in [0.15, 0.2) is 146 Å². The number of ether oxygens (including phenoxy) is 2. The average Bonchev–Trinajstić information content (AvgIpc) is 3.49. The summed E-state index contributed by atoms with van der Waals surface area (Å²) in [5.41, 5.74) is 0. The third-order valence-corrected chi connectivity index (χ3v) is 14.4. The third kappa shape index (κ3) is 48.2. The average molecular weight is 1130 g/mol. The molecule has 0 aromatic carbocycles. The summed E-state index contributed by atoms with van der Waals surface area (Å²) < 4.78 is 11.3. The zero-order valence-corrected chi connectivity index (χ0v) is 51.2. The topological polar surface area (TPSA) is 149 Å². The molecule has 81 heavy (non-hydrogen) atoms. The molecule has 7 atom stereocenters. The van der Waals surface area contributed by atoms with E-state index in [0.29, 0.717) is 6.42 Å². The molecule has 9 heteroatoms. The van der Waals surface area contributed by atoms with Crippen molar-refractivity contribution in [2.24, 2.45) is 0 Å². The van der Waals surface area contributed by atoms with Gasteiger partial charge in [0.05, 0.1) is 25.4 Å². The van der Waals surface area contributed by atoms with E-state index in [4.69, 9.17) is 9.47 Å². The zero-order chi connectivity index (χ0) is 58.6. The van der Waals surface area contributed by atoms with Crippen molar-refractivity contribution in [3.63, 3.8) is 0 Å². The molecule has 1 rings (SSSR count). The van der Waals surface area contributed by atoms with Gasteiger partial charge in [-0.1, -0.05) is 282 Å². The number of hydrogen-bond donors (Lipinski definition) is 6. The molecule has 1 aliphatic heterocycles. The highest BCUT2D eigenvalue weighted by molar-refractivity contribution is 5.76. The minimum absolute atomic E-state index is 0.193. The van der Waals surface area contributed by atoms with E-state index < -0.39 is 49.5 Å². The lowest BCUT2D eigenvalue weighted by Crippen LogP contribution is -2.60. The van der Waals surface area contributed by atoms with E-state index in [-0.39, 0.29) is 12.5 Å². The Labute approximate surface area is 495 Å². The molecule has 460 valence electrons. The number of carbonyl (C=O) groups is 1. The van der Waals surface area contributed by atoms with Crippen LogP contribution in [0.1, 0.15) is 245 Å². The molecule has 0 bridgehead atoms. The van der Waals surface area contributed by atoms with Gasteiger partial charge in [0, 0.05) is 6.42 Å². The van der Waals surface area contributed by atoms with Crippen molar-refractivity contribution in [3.05, 3.63) is 146 Å². The molecule has 0 aliphatic carbocycles. The van der Waals surface area contributed by atoms with Gasteiger partial charge in [0.25, 0.3) is 0 Å². The van der Waals surface area contributed by atoms with Crippen molar-refractivity contribution < 1.29 is 39.8 Å². The predicted octanol–water partition coefficient (Wildman–Crippen LogP) is 17.4. The molecule has 1 amide bonds. The van der Waals surface area contributed by atoms with Crippen molar-refractivity contribution in [1.82, 2.24) is 5.32 Å². The van der Waals surface area contributed by atoms with Crippen LogP contribution in [0.2, 0.25) is 0 Å². The third-order valence-electron chi connectivity index (χ3n) is 14.4. The van der Waals surface area contributed by atoms with Gasteiger partial charge in [-0.2, -0.15) is 0 Å². The molecular formula is C72H119NO8. The molecule has 9 nitrogen and oxygen atoms in total. The smallest absolute Gasteiger partial charge is 0.220 e. The molecule has 1 fully saturated rings. The van der Waals surface area contributed by atoms with E-state index in [9.17, 15) is 30.3 Å². The molecule has 7 unspecified atom stereocenters. The molecule has 0 spiro atoms. The van der Waals surface area contributed by atoms with Gasteiger partial charge in [0.15, 0.2) is 6.29 Å². The van der Waals surface area contributed by atoms with Crippen molar-refractivity contribution in [3.8, 4) is 0 Å². The Bertz CT molecular complexity index is 1780. The molecule has 0 aromatic rings. The predicted molar refractivity (Wildman–Crippen MR) is 345 cm³/mol. The van der Waals surface area contributed by atoms with E-state index in [1.54, 1.807) is 6.08 Å². The molecular weight excluding hydrogens is 1010 g/mol. The molecule has 1 aliphatic rings. The molecule has 1 saturated heterocycles. The van der Waals surface area contributed by atoms with Crippen LogP contribution < -0.4 is 5.32 Å². The first kappa shape index (κ1) is 75.1. The maximum atomic E-state index is 13.1. The summed E-state index contributed by atoms with van der Waals surface area (Å²) in [4.78, 5) is 13.1. The Kier molecular flexibility index (Phi) is 54.9. The quantitative estimate of drug-likeness (QED) is 0.0261. The number of aliphatic hydroxyl groups excluding tert-OH is 5. The summed E-state index contributed by atoms with van der Waals surface area (Å²) in [6.45, 7) is 3.66. The van der Waals surface area contributed by atoms with Gasteiger partial charge in [0.2, 0.25) is 5.91 Å². The lowest BCUT2D eigenvalue weighted by Gasteiger charge is -2.40. The molecule has 0 radical (unpaired) electrons. The summed E-state index contributed by atoms with van der Waals surface area (Å²) in [6, 6.07) is -0.821. The fourth-order valence-corrected chi connectivity index (χ4v) is 9.34. The van der Waals surface area contributed by atoms with Gasteiger partial charge >= 0.3 is 0 Å². The van der Waals surface area contributed by atoms with E-state index in [2.05, 4.69) is 153 Å². The van der Waals surface area contributed by atoms with Crippen LogP contribution in [0.3, 0.4) is 0 Å². The number of nitrogens with one attached hydrogen (secondary N) is 1. The van der Waals surface area contributed by atoms with E-state index in [0.717, 1.165) is 122 Å². The van der Waals surface area contributed by atoms with E-state index in [1.807, 2.05) is 6.08 Å². The Morgan fingerprint density at radius 3 is 1.14 bits per heavy atom. The lowest BCUT2D eigenvalue weighted by molar-refractivity contribution is -0.302. The van der Waals surface area contributed by atoms with Crippen molar-refractivity contribution in [1.29, 1.82) is 0 Å². The maximum absolute atomic E-state index is 13.1. The highest BCUT2D eigenvalue weighted by Gasteiger charge is 2.44. The number of rotatable bonds is 54. The summed E-state index contributed by atoms with van der Waals surface area (Å²) in [6.07, 6.45) is 84.9. The van der Waals surface area contributed by atoms with Crippen LogP contribution >= 0.6 is 0 Å². The highest BCUT2D eigenvalue weighted by Crippen LogP contribution is 2.23. The number of carbonyl (C=O) groups excluding carboxylic acids is 1. The monoisotopic (exact) mass is 1130 g/mol. The Hall–Kier alpha value is -3.93.